The van der Waals surface area contributed by atoms with E-state index in [1.54, 1.807) is 6.07 Å². The highest BCUT2D eigenvalue weighted by Gasteiger charge is 2.25. The van der Waals surface area contributed by atoms with Crippen molar-refractivity contribution in [2.45, 2.75) is 66.0 Å². The molecule has 5 aromatic rings. The lowest BCUT2D eigenvalue weighted by Crippen LogP contribution is -2.34. The summed E-state index contributed by atoms with van der Waals surface area (Å²) in [5.74, 6) is 2.80. The lowest BCUT2D eigenvalue weighted by atomic mass is 9.95. The number of likely N-dealkylation sites (tertiary alicyclic amines) is 1. The predicted octanol–water partition coefficient (Wildman–Crippen LogP) is 8.14. The van der Waals surface area contributed by atoms with E-state index in [0.29, 0.717) is 34.0 Å². The average molecular weight is 666 g/mol. The van der Waals surface area contributed by atoms with E-state index in [9.17, 15) is 9.18 Å². The third kappa shape index (κ3) is 7.34. The van der Waals surface area contributed by atoms with Crippen LogP contribution in [0.1, 0.15) is 73.6 Å². The molecular formula is C39H44FN5O4. The summed E-state index contributed by atoms with van der Waals surface area (Å²) in [6, 6.07) is 17.1. The number of nitrogens with zero attached hydrogens (tertiary/aromatic N) is 4. The fourth-order valence-electron chi connectivity index (χ4n) is 6.84. The molecule has 0 radical (unpaired) electrons. The molecule has 0 atom stereocenters. The molecule has 49 heavy (non-hydrogen) atoms. The van der Waals surface area contributed by atoms with Gasteiger partial charge in [0.1, 0.15) is 34.5 Å². The summed E-state index contributed by atoms with van der Waals surface area (Å²) in [5, 5.41) is 9.41. The smallest absolute Gasteiger partial charge is 0.355 e. The first-order chi connectivity index (χ1) is 23.7. The van der Waals surface area contributed by atoms with Crippen LogP contribution in [-0.2, 0) is 24.2 Å². The fourth-order valence-corrected chi connectivity index (χ4v) is 6.84. The Morgan fingerprint density at radius 3 is 2.69 bits per heavy atom. The van der Waals surface area contributed by atoms with Crippen molar-refractivity contribution in [1.29, 1.82) is 0 Å². The van der Waals surface area contributed by atoms with Crippen molar-refractivity contribution in [2.24, 2.45) is 11.8 Å². The summed E-state index contributed by atoms with van der Waals surface area (Å²) in [7, 11) is 0. The molecule has 0 unspecified atom stereocenters. The van der Waals surface area contributed by atoms with Gasteiger partial charge >= 0.3 is 5.97 Å². The normalized spacial score (nSPS) is 15.2. The summed E-state index contributed by atoms with van der Waals surface area (Å²) in [5.41, 5.74) is 5.64. The maximum absolute atomic E-state index is 14.3. The van der Waals surface area contributed by atoms with Crippen LogP contribution in [0.15, 0.2) is 60.8 Å². The van der Waals surface area contributed by atoms with Crippen LogP contribution >= 0.6 is 0 Å². The maximum atomic E-state index is 14.3. The summed E-state index contributed by atoms with van der Waals surface area (Å²) in [6.07, 6.45) is 4.86. The minimum absolute atomic E-state index is 0.191. The second-order valence-electron chi connectivity index (χ2n) is 14.1. The Morgan fingerprint density at radius 1 is 1.06 bits per heavy atom. The average Bonchev–Trinajstić information content (AvgIpc) is 3.83. The Balaban J connectivity index is 0.984. The van der Waals surface area contributed by atoms with Crippen LogP contribution in [0.5, 0.6) is 17.2 Å². The van der Waals surface area contributed by atoms with E-state index in [-0.39, 0.29) is 24.0 Å². The van der Waals surface area contributed by atoms with E-state index >= 15 is 0 Å². The highest BCUT2D eigenvalue weighted by atomic mass is 19.1. The van der Waals surface area contributed by atoms with Gasteiger partial charge < -0.3 is 19.2 Å². The molecule has 0 spiro atoms. The Labute approximate surface area is 286 Å². The Morgan fingerprint density at radius 2 is 1.90 bits per heavy atom. The third-order valence-corrected chi connectivity index (χ3v) is 9.45. The molecule has 1 saturated heterocycles. The monoisotopic (exact) mass is 665 g/mol. The first-order valence-electron chi connectivity index (χ1n) is 17.4. The number of hydrogen-bond donors (Lipinski definition) is 1. The van der Waals surface area contributed by atoms with Gasteiger partial charge in [0.05, 0.1) is 19.4 Å². The van der Waals surface area contributed by atoms with E-state index in [2.05, 4.69) is 58.3 Å². The van der Waals surface area contributed by atoms with Gasteiger partial charge in [-0.15, -0.1) is 5.10 Å². The number of rotatable bonds is 11. The molecule has 0 amide bonds. The van der Waals surface area contributed by atoms with Gasteiger partial charge in [0.25, 0.3) is 0 Å². The van der Waals surface area contributed by atoms with Gasteiger partial charge in [-0.3, -0.25) is 9.58 Å². The molecule has 9 nitrogen and oxygen atoms in total. The van der Waals surface area contributed by atoms with Gasteiger partial charge in [-0.25, -0.2) is 9.18 Å². The van der Waals surface area contributed by atoms with Crippen LogP contribution in [0.2, 0.25) is 0 Å². The number of aromatic nitrogens is 4. The molecule has 10 heteroatoms. The Hall–Kier alpha value is -4.70. The first kappa shape index (κ1) is 32.8. The van der Waals surface area contributed by atoms with Gasteiger partial charge in [-0.2, -0.15) is 0 Å². The first-order valence-corrected chi connectivity index (χ1v) is 17.4. The summed E-state index contributed by atoms with van der Waals surface area (Å²) in [4.78, 5) is 18.7. The number of benzene rings is 3. The van der Waals surface area contributed by atoms with Crippen molar-refractivity contribution in [3.8, 4) is 28.5 Å². The number of carbonyl (C=O) groups excluding carboxylic acids is 1. The van der Waals surface area contributed by atoms with Gasteiger partial charge in [0.15, 0.2) is 0 Å². The topological polar surface area (TPSA) is 94.5 Å². The minimum atomic E-state index is -0.487. The number of carbonyl (C=O) groups is 1. The van der Waals surface area contributed by atoms with E-state index < -0.39 is 5.97 Å². The van der Waals surface area contributed by atoms with Gasteiger partial charge in [0.2, 0.25) is 0 Å². The van der Waals surface area contributed by atoms with Crippen LogP contribution in [-0.4, -0.2) is 57.2 Å². The molecule has 2 aliphatic heterocycles. The van der Waals surface area contributed by atoms with E-state index in [4.69, 9.17) is 14.2 Å². The SMILES string of the molecule is CC(C)COC(=O)c1[nH]c2ccc(F)cc2c1-c1cn(CC2CCN(Cc3ccc(Oc4ccc5c(c4)CCO5)c(C(C)C)c3)CC2)nn1. The van der Waals surface area contributed by atoms with Crippen LogP contribution in [0.3, 0.4) is 0 Å². The molecule has 0 bridgehead atoms. The number of hydrogen-bond acceptors (Lipinski definition) is 7. The van der Waals surface area contributed by atoms with Crippen molar-refractivity contribution >= 4 is 16.9 Å². The van der Waals surface area contributed by atoms with Crippen LogP contribution in [0.4, 0.5) is 4.39 Å². The largest absolute Gasteiger partial charge is 0.493 e. The summed E-state index contributed by atoms with van der Waals surface area (Å²) < 4.78 is 33.7. The molecule has 2 aromatic heterocycles. The summed E-state index contributed by atoms with van der Waals surface area (Å²) in [6.45, 7) is 13.0. The van der Waals surface area contributed by atoms with Gasteiger partial charge in [0, 0.05) is 41.5 Å². The second-order valence-corrected chi connectivity index (χ2v) is 14.1. The number of nitrogens with one attached hydrogen (secondary N) is 1. The van der Waals surface area contributed by atoms with Crippen molar-refractivity contribution in [3.05, 3.63) is 89.0 Å². The van der Waals surface area contributed by atoms with E-state index in [0.717, 1.165) is 69.3 Å². The summed E-state index contributed by atoms with van der Waals surface area (Å²) >= 11 is 0. The minimum Gasteiger partial charge on any atom is -0.493 e. The van der Waals surface area contributed by atoms with Gasteiger partial charge in [-0.1, -0.05) is 45.0 Å². The fraction of sp³-hybridized carbons (Fsp3) is 0.410. The molecule has 256 valence electrons. The van der Waals surface area contributed by atoms with Crippen molar-refractivity contribution in [2.75, 3.05) is 26.3 Å². The number of halogens is 1. The molecule has 1 N–H and O–H groups in total. The van der Waals surface area contributed by atoms with Crippen LogP contribution in [0.25, 0.3) is 22.2 Å². The van der Waals surface area contributed by atoms with Gasteiger partial charge in [-0.05, 0) is 97.3 Å². The molecule has 7 rings (SSSR count). The van der Waals surface area contributed by atoms with Crippen LogP contribution in [0, 0.1) is 17.7 Å². The quantitative estimate of drug-likeness (QED) is 0.142. The van der Waals surface area contributed by atoms with Crippen LogP contribution < -0.4 is 9.47 Å². The number of piperidine rings is 1. The number of esters is 1. The molecule has 0 saturated carbocycles. The highest BCUT2D eigenvalue weighted by Crippen LogP contribution is 2.36. The molecule has 1 fully saturated rings. The maximum Gasteiger partial charge on any atom is 0.355 e. The Kier molecular flexibility index (Phi) is 9.40. The third-order valence-electron chi connectivity index (χ3n) is 9.45. The lowest BCUT2D eigenvalue weighted by Gasteiger charge is -2.32. The predicted molar refractivity (Wildman–Crippen MR) is 187 cm³/mol. The molecule has 4 heterocycles. The second kappa shape index (κ2) is 14.0. The standard InChI is InChI=1S/C39H44FN5O4/c1-24(2)23-48-39(46)38-37(32-19-29(40)6-8-33(32)41-38)34-22-45(43-42-34)21-26-11-14-44(15-12-26)20-27-5-9-36(31(17-27)25(3)4)49-30-7-10-35-28(18-30)13-16-47-35/h5-10,17-19,22,24-26,41H,11-16,20-21,23H2,1-4H3. The van der Waals surface area contributed by atoms with Crippen molar-refractivity contribution in [3.63, 3.8) is 0 Å². The molecule has 2 aliphatic rings. The zero-order valence-electron chi connectivity index (χ0n) is 28.7. The zero-order chi connectivity index (χ0) is 34.1. The Bertz CT molecular complexity index is 1960. The highest BCUT2D eigenvalue weighted by molar-refractivity contribution is 6.07. The molecular weight excluding hydrogens is 621 g/mol. The molecule has 3 aromatic carbocycles. The van der Waals surface area contributed by atoms with Crippen molar-refractivity contribution < 1.29 is 23.4 Å². The number of ether oxygens (including phenoxy) is 3. The number of fused-ring (bicyclic) bond motifs is 2. The van der Waals surface area contributed by atoms with Crippen molar-refractivity contribution in [1.82, 2.24) is 24.9 Å². The van der Waals surface area contributed by atoms with E-state index in [1.165, 1.54) is 28.8 Å². The number of H-pyrrole nitrogens is 1. The van der Waals surface area contributed by atoms with E-state index in [1.807, 2.05) is 36.9 Å². The lowest BCUT2D eigenvalue weighted by molar-refractivity contribution is 0.0454. The number of aromatic amines is 1. The zero-order valence-corrected chi connectivity index (χ0v) is 28.7. The molecule has 0 aliphatic carbocycles.